The van der Waals surface area contributed by atoms with Crippen LogP contribution in [0.3, 0.4) is 0 Å². The van der Waals surface area contributed by atoms with Crippen molar-refractivity contribution in [3.05, 3.63) is 23.3 Å². The van der Waals surface area contributed by atoms with E-state index >= 15 is 0 Å². The van der Waals surface area contributed by atoms with Crippen molar-refractivity contribution < 1.29 is 19.7 Å². The van der Waals surface area contributed by atoms with Gasteiger partial charge in [0.25, 0.3) is 0 Å². The number of phenolic OH excluding ortho intramolecular Hbond substituents is 1. The molecule has 130 valence electrons. The Morgan fingerprint density at radius 1 is 1.29 bits per heavy atom. The third-order valence-corrected chi connectivity index (χ3v) is 6.94. The molecule has 1 aromatic carbocycles. The zero-order valence-corrected chi connectivity index (χ0v) is 14.4. The average molecular weight is 330 g/mol. The number of hydrogen-bond donors (Lipinski definition) is 2. The minimum Gasteiger partial charge on any atom is -0.504 e. The van der Waals surface area contributed by atoms with Gasteiger partial charge in [0.1, 0.15) is 0 Å². The highest BCUT2D eigenvalue weighted by Gasteiger charge is 2.55. The number of fused-ring (bicyclic) bond motifs is 5. The van der Waals surface area contributed by atoms with Crippen molar-refractivity contribution >= 4 is 5.78 Å². The van der Waals surface area contributed by atoms with Crippen molar-refractivity contribution in [1.29, 1.82) is 0 Å². The summed E-state index contributed by atoms with van der Waals surface area (Å²) in [6.07, 6.45) is 4.16. The summed E-state index contributed by atoms with van der Waals surface area (Å²) in [7, 11) is 0. The second-order valence-corrected chi connectivity index (χ2v) is 7.98. The molecule has 0 unspecified atom stereocenters. The molecule has 3 aliphatic rings. The van der Waals surface area contributed by atoms with Gasteiger partial charge < -0.3 is 14.9 Å². The van der Waals surface area contributed by atoms with Gasteiger partial charge in [0, 0.05) is 12.0 Å². The Morgan fingerprint density at radius 2 is 2.08 bits per heavy atom. The number of hydrogen-bond acceptors (Lipinski definition) is 4. The Balaban J connectivity index is 1.76. The van der Waals surface area contributed by atoms with E-state index < -0.39 is 0 Å². The summed E-state index contributed by atoms with van der Waals surface area (Å²) in [5.74, 6) is 1.70. The fourth-order valence-corrected chi connectivity index (χ4v) is 5.66. The molecular formula is C20H26O4. The van der Waals surface area contributed by atoms with Gasteiger partial charge in [-0.3, -0.25) is 4.79 Å². The molecule has 4 heteroatoms. The van der Waals surface area contributed by atoms with Crippen molar-refractivity contribution in [3.8, 4) is 11.5 Å². The number of aromatic hydroxyl groups is 1. The third-order valence-electron chi connectivity index (χ3n) is 6.94. The van der Waals surface area contributed by atoms with Crippen molar-refractivity contribution in [1.82, 2.24) is 0 Å². The molecule has 0 aliphatic heterocycles. The normalized spacial score (nSPS) is 37.5. The van der Waals surface area contributed by atoms with Gasteiger partial charge in [-0.15, -0.1) is 0 Å². The van der Waals surface area contributed by atoms with Crippen molar-refractivity contribution in [2.45, 2.75) is 58.0 Å². The topological polar surface area (TPSA) is 66.8 Å². The fourth-order valence-electron chi connectivity index (χ4n) is 5.66. The maximum Gasteiger partial charge on any atom is 0.163 e. The summed E-state index contributed by atoms with van der Waals surface area (Å²) in [6, 6.07) is 3.48. The smallest absolute Gasteiger partial charge is 0.163 e. The molecule has 0 spiro atoms. The van der Waals surface area contributed by atoms with Gasteiger partial charge in [0.2, 0.25) is 0 Å². The van der Waals surface area contributed by atoms with Crippen molar-refractivity contribution in [2.75, 3.05) is 6.61 Å². The van der Waals surface area contributed by atoms with Crippen LogP contribution in [0.2, 0.25) is 0 Å². The summed E-state index contributed by atoms with van der Waals surface area (Å²) in [5, 5.41) is 20.6. The van der Waals surface area contributed by atoms with Crippen LogP contribution in [-0.2, 0) is 0 Å². The second-order valence-electron chi connectivity index (χ2n) is 7.98. The van der Waals surface area contributed by atoms with Gasteiger partial charge in [-0.1, -0.05) is 6.92 Å². The average Bonchev–Trinajstić information content (AvgIpc) is 2.85. The number of benzene rings is 1. The number of phenols is 1. The van der Waals surface area contributed by atoms with Crippen molar-refractivity contribution in [3.63, 3.8) is 0 Å². The monoisotopic (exact) mass is 330 g/mol. The minimum absolute atomic E-state index is 0.0430. The highest BCUT2D eigenvalue weighted by molar-refractivity contribution is 5.99. The van der Waals surface area contributed by atoms with E-state index in [9.17, 15) is 15.0 Å². The number of rotatable bonds is 2. The van der Waals surface area contributed by atoms with Gasteiger partial charge in [-0.25, -0.2) is 0 Å². The molecule has 0 amide bonds. The van der Waals surface area contributed by atoms with Crippen LogP contribution >= 0.6 is 0 Å². The van der Waals surface area contributed by atoms with E-state index in [1.165, 1.54) is 0 Å². The summed E-state index contributed by atoms with van der Waals surface area (Å²) in [6.45, 7) is 4.58. The van der Waals surface area contributed by atoms with E-state index in [-0.39, 0.29) is 23.1 Å². The van der Waals surface area contributed by atoms with Crippen LogP contribution in [0.15, 0.2) is 12.1 Å². The molecule has 24 heavy (non-hydrogen) atoms. The first-order chi connectivity index (χ1) is 11.5. The number of aliphatic hydroxyl groups is 1. The third kappa shape index (κ3) is 2.12. The van der Waals surface area contributed by atoms with Gasteiger partial charge in [0.15, 0.2) is 17.3 Å². The Morgan fingerprint density at radius 3 is 2.83 bits per heavy atom. The molecule has 0 radical (unpaired) electrons. The van der Waals surface area contributed by atoms with Crippen LogP contribution in [0.25, 0.3) is 0 Å². The van der Waals surface area contributed by atoms with Crippen LogP contribution < -0.4 is 4.74 Å². The lowest BCUT2D eigenvalue weighted by molar-refractivity contribution is -0.0208. The summed E-state index contributed by atoms with van der Waals surface area (Å²) in [5.41, 5.74) is 1.67. The van der Waals surface area contributed by atoms with E-state index in [2.05, 4.69) is 6.92 Å². The number of carbonyl (C=O) groups is 1. The molecule has 0 heterocycles. The zero-order chi connectivity index (χ0) is 17.1. The first-order valence-corrected chi connectivity index (χ1v) is 9.16. The van der Waals surface area contributed by atoms with Crippen LogP contribution in [0.4, 0.5) is 0 Å². The molecule has 0 saturated heterocycles. The molecule has 0 bridgehead atoms. The second kappa shape index (κ2) is 5.48. The number of ketones is 1. The largest absolute Gasteiger partial charge is 0.504 e. The first-order valence-electron chi connectivity index (χ1n) is 9.16. The highest BCUT2D eigenvalue weighted by Crippen LogP contribution is 2.61. The highest BCUT2D eigenvalue weighted by atomic mass is 16.5. The molecule has 4 nitrogen and oxygen atoms in total. The SMILES string of the molecule is CCOc1cc2c(cc1O)C(=O)C[C@H]1[C@@H]2CC[C@]2(C)[C@@H]1CC[C@@H]2O. The standard InChI is InChI=1S/C20H26O4/c1-3-24-18-10-12-11-6-7-20(2)15(4-5-19(20)23)13(11)8-16(21)14(12)9-17(18)22/h9-11,13,15,19,22-23H,3-8H2,1-2H3/t11-,13+,15-,19+,20-/m1/s1. The van der Waals surface area contributed by atoms with Gasteiger partial charge in [-0.2, -0.15) is 0 Å². The lowest BCUT2D eigenvalue weighted by atomic mass is 9.55. The Hall–Kier alpha value is -1.55. The summed E-state index contributed by atoms with van der Waals surface area (Å²) >= 11 is 0. The van der Waals surface area contributed by atoms with E-state index in [4.69, 9.17) is 4.74 Å². The van der Waals surface area contributed by atoms with Crippen molar-refractivity contribution in [2.24, 2.45) is 17.3 Å². The van der Waals surface area contributed by atoms with Gasteiger partial charge in [-0.05, 0) is 73.5 Å². The van der Waals surface area contributed by atoms with Crippen LogP contribution in [-0.4, -0.2) is 28.7 Å². The molecule has 2 saturated carbocycles. The van der Waals surface area contributed by atoms with Gasteiger partial charge in [0.05, 0.1) is 12.7 Å². The molecule has 2 fully saturated rings. The summed E-state index contributed by atoms with van der Waals surface area (Å²) in [4.78, 5) is 12.7. The maximum absolute atomic E-state index is 12.7. The molecule has 1 aromatic rings. The molecule has 4 rings (SSSR count). The Labute approximate surface area is 142 Å². The lowest BCUT2D eigenvalue weighted by Crippen LogP contribution is -2.44. The molecule has 0 aromatic heterocycles. The Bertz CT molecular complexity index is 682. The zero-order valence-electron chi connectivity index (χ0n) is 14.4. The minimum atomic E-state index is -0.237. The van der Waals surface area contributed by atoms with Crippen LogP contribution in [0.5, 0.6) is 11.5 Å². The van der Waals surface area contributed by atoms with Gasteiger partial charge >= 0.3 is 0 Å². The van der Waals surface area contributed by atoms with E-state index in [0.717, 1.165) is 31.2 Å². The maximum atomic E-state index is 12.7. The number of aliphatic hydroxyl groups excluding tert-OH is 1. The van der Waals surface area contributed by atoms with E-state index in [1.54, 1.807) is 6.07 Å². The van der Waals surface area contributed by atoms with E-state index in [1.807, 2.05) is 13.0 Å². The quantitative estimate of drug-likeness (QED) is 0.868. The molecule has 2 N–H and O–H groups in total. The number of carbonyl (C=O) groups excluding carboxylic acids is 1. The van der Waals surface area contributed by atoms with E-state index in [0.29, 0.717) is 42.1 Å². The number of ether oxygens (including phenoxy) is 1. The fraction of sp³-hybridized carbons (Fsp3) is 0.650. The summed E-state index contributed by atoms with van der Waals surface area (Å²) < 4.78 is 5.54. The van der Waals surface area contributed by atoms with Crippen LogP contribution in [0, 0.1) is 17.3 Å². The molecule has 3 aliphatic carbocycles. The predicted octanol–water partition coefficient (Wildman–Crippen LogP) is 3.65. The predicted molar refractivity (Wildman–Crippen MR) is 90.5 cm³/mol. The molecule has 5 atom stereocenters. The Kier molecular flexibility index (Phi) is 3.64. The first kappa shape index (κ1) is 15.9. The molecular weight excluding hydrogens is 304 g/mol. The lowest BCUT2D eigenvalue weighted by Gasteiger charge is -2.49. The van der Waals surface area contributed by atoms with Crippen LogP contribution in [0.1, 0.15) is 67.8 Å². The number of Topliss-reactive ketones (excluding diaryl/α,β-unsaturated/α-hetero) is 1.